The van der Waals surface area contributed by atoms with Crippen molar-refractivity contribution in [2.45, 2.75) is 25.3 Å². The standard InChI is InChI=1S/C15H12N2O4S.C2H6.H2/c18-15(13-7-11-5-6-16-9-14(11)21-13)17-8-10-1-3-12(4-2-10)22(19)20;1-2;/h1-7,9H,8H2,(H,17,18)(H,19,20);1-2H3;1H. The Morgan fingerprint density at radius 2 is 2.00 bits per heavy atom. The molecule has 1 atom stereocenters. The van der Waals surface area contributed by atoms with Crippen LogP contribution in [0, 0.1) is 0 Å². The van der Waals surface area contributed by atoms with Gasteiger partial charge in [-0.25, -0.2) is 4.21 Å². The van der Waals surface area contributed by atoms with Crippen molar-refractivity contribution < 1.29 is 19.4 Å². The van der Waals surface area contributed by atoms with Gasteiger partial charge in [0.15, 0.2) is 22.4 Å². The van der Waals surface area contributed by atoms with Gasteiger partial charge in [0.05, 0.1) is 11.1 Å². The van der Waals surface area contributed by atoms with Crippen LogP contribution >= 0.6 is 0 Å². The van der Waals surface area contributed by atoms with Crippen LogP contribution in [0.4, 0.5) is 0 Å². The molecule has 3 rings (SSSR count). The lowest BCUT2D eigenvalue weighted by Crippen LogP contribution is -2.22. The summed E-state index contributed by atoms with van der Waals surface area (Å²) in [5.41, 5.74) is 1.38. The normalized spacial score (nSPS) is 11.5. The maximum Gasteiger partial charge on any atom is 0.287 e. The summed E-state index contributed by atoms with van der Waals surface area (Å²) in [5.74, 6) is -0.109. The van der Waals surface area contributed by atoms with E-state index in [0.717, 1.165) is 10.9 Å². The Labute approximate surface area is 143 Å². The number of nitrogens with one attached hydrogen (secondary N) is 1. The monoisotopic (exact) mass is 348 g/mol. The zero-order chi connectivity index (χ0) is 17.5. The predicted octanol–water partition coefficient (Wildman–Crippen LogP) is 3.61. The van der Waals surface area contributed by atoms with Gasteiger partial charge < -0.3 is 14.3 Å². The Morgan fingerprint density at radius 3 is 2.62 bits per heavy atom. The van der Waals surface area contributed by atoms with Crippen molar-refractivity contribution in [1.82, 2.24) is 10.3 Å². The van der Waals surface area contributed by atoms with Crippen LogP contribution in [0.2, 0.25) is 0 Å². The highest BCUT2D eigenvalue weighted by Gasteiger charge is 2.11. The van der Waals surface area contributed by atoms with Crippen molar-refractivity contribution in [1.29, 1.82) is 0 Å². The molecule has 0 bridgehead atoms. The second-order valence-corrected chi connectivity index (χ2v) is 5.57. The first-order chi connectivity index (χ1) is 11.6. The van der Waals surface area contributed by atoms with E-state index in [4.69, 9.17) is 8.97 Å². The molecule has 0 saturated heterocycles. The van der Waals surface area contributed by atoms with Gasteiger partial charge in [-0.15, -0.1) is 0 Å². The Hall–Kier alpha value is -2.51. The maximum atomic E-state index is 12.0. The molecule has 1 aromatic carbocycles. The molecule has 0 fully saturated rings. The highest BCUT2D eigenvalue weighted by atomic mass is 32.2. The predicted molar refractivity (Wildman–Crippen MR) is 94.1 cm³/mol. The first kappa shape index (κ1) is 17.8. The van der Waals surface area contributed by atoms with Crippen LogP contribution in [0.15, 0.2) is 58.1 Å². The van der Waals surface area contributed by atoms with Crippen molar-refractivity contribution in [3.63, 3.8) is 0 Å². The number of hydrogen-bond donors (Lipinski definition) is 2. The molecule has 2 aromatic heterocycles. The third-order valence-corrected chi connectivity index (χ3v) is 3.80. The molecule has 128 valence electrons. The number of carbonyl (C=O) groups excluding carboxylic acids is 1. The van der Waals surface area contributed by atoms with Crippen LogP contribution < -0.4 is 5.32 Å². The average Bonchev–Trinajstić information content (AvgIpc) is 3.06. The van der Waals surface area contributed by atoms with Gasteiger partial charge in [0, 0.05) is 19.6 Å². The fourth-order valence-electron chi connectivity index (χ4n) is 1.99. The van der Waals surface area contributed by atoms with Crippen molar-refractivity contribution >= 4 is 28.0 Å². The van der Waals surface area contributed by atoms with Crippen molar-refractivity contribution in [2.75, 3.05) is 0 Å². The maximum absolute atomic E-state index is 12.0. The van der Waals surface area contributed by atoms with Crippen LogP contribution in [0.5, 0.6) is 0 Å². The van der Waals surface area contributed by atoms with Gasteiger partial charge >= 0.3 is 0 Å². The van der Waals surface area contributed by atoms with E-state index in [0.29, 0.717) is 17.0 Å². The van der Waals surface area contributed by atoms with Crippen LogP contribution in [0.1, 0.15) is 31.4 Å². The minimum absolute atomic E-state index is 0. The van der Waals surface area contributed by atoms with Crippen LogP contribution in [0.25, 0.3) is 11.0 Å². The van der Waals surface area contributed by atoms with E-state index in [9.17, 15) is 9.00 Å². The molecule has 2 heterocycles. The number of nitrogens with zero attached hydrogens (tertiary/aromatic N) is 1. The van der Waals surface area contributed by atoms with E-state index in [2.05, 4.69) is 10.3 Å². The lowest BCUT2D eigenvalue weighted by atomic mass is 10.2. The summed E-state index contributed by atoms with van der Waals surface area (Å²) in [6.07, 6.45) is 3.19. The second kappa shape index (κ2) is 8.37. The SMILES string of the molecule is CC.O=C(NCc1ccc(S(=O)O)cc1)c1cc2ccncc2o1.[HH]. The topological polar surface area (TPSA) is 92.4 Å². The molecule has 0 aliphatic heterocycles. The number of furan rings is 1. The summed E-state index contributed by atoms with van der Waals surface area (Å²) in [6, 6.07) is 9.89. The van der Waals surface area contributed by atoms with E-state index < -0.39 is 11.1 Å². The van der Waals surface area contributed by atoms with E-state index >= 15 is 0 Å². The van der Waals surface area contributed by atoms with Gasteiger partial charge in [-0.1, -0.05) is 26.0 Å². The molecule has 3 aromatic rings. The first-order valence-electron chi connectivity index (χ1n) is 7.45. The summed E-state index contributed by atoms with van der Waals surface area (Å²) in [5, 5.41) is 3.55. The molecule has 24 heavy (non-hydrogen) atoms. The van der Waals surface area contributed by atoms with Gasteiger partial charge in [0.1, 0.15) is 0 Å². The number of fused-ring (bicyclic) bond motifs is 1. The molecule has 0 saturated carbocycles. The second-order valence-electron chi connectivity index (χ2n) is 4.60. The molecular formula is C17H20N2O4S. The average molecular weight is 348 g/mol. The summed E-state index contributed by atoms with van der Waals surface area (Å²) < 4.78 is 25.2. The van der Waals surface area contributed by atoms with E-state index in [1.165, 1.54) is 0 Å². The number of aromatic nitrogens is 1. The third kappa shape index (κ3) is 4.27. The quantitative estimate of drug-likeness (QED) is 0.703. The van der Waals surface area contributed by atoms with E-state index in [1.54, 1.807) is 48.8 Å². The lowest BCUT2D eigenvalue weighted by Gasteiger charge is -2.04. The number of amides is 1. The minimum atomic E-state index is -2.00. The summed E-state index contributed by atoms with van der Waals surface area (Å²) >= 11 is -2.00. The number of benzene rings is 1. The molecular weight excluding hydrogens is 328 g/mol. The van der Waals surface area contributed by atoms with Gasteiger partial charge in [0.2, 0.25) is 0 Å². The molecule has 0 aliphatic rings. The zero-order valence-corrected chi connectivity index (χ0v) is 14.2. The fourth-order valence-corrected chi connectivity index (χ4v) is 2.36. The number of carbonyl (C=O) groups is 1. The molecule has 0 aliphatic carbocycles. The number of hydrogen-bond acceptors (Lipinski definition) is 4. The fraction of sp³-hybridized carbons (Fsp3) is 0.176. The first-order valence-corrected chi connectivity index (χ1v) is 8.56. The largest absolute Gasteiger partial charge is 0.449 e. The number of rotatable bonds is 4. The summed E-state index contributed by atoms with van der Waals surface area (Å²) in [4.78, 5) is 16.3. The van der Waals surface area contributed by atoms with Crippen molar-refractivity contribution in [3.05, 3.63) is 60.1 Å². The Morgan fingerprint density at radius 1 is 1.29 bits per heavy atom. The van der Waals surface area contributed by atoms with Gasteiger partial charge in [0.25, 0.3) is 5.91 Å². The molecule has 7 heteroatoms. The highest BCUT2D eigenvalue weighted by Crippen LogP contribution is 2.17. The zero-order valence-electron chi connectivity index (χ0n) is 13.4. The number of pyridine rings is 1. The molecule has 1 unspecified atom stereocenters. The van der Waals surface area contributed by atoms with Gasteiger partial charge in [-0.3, -0.25) is 9.78 Å². The van der Waals surface area contributed by atoms with E-state index in [-0.39, 0.29) is 13.1 Å². The molecule has 0 radical (unpaired) electrons. The molecule has 2 N–H and O–H groups in total. The van der Waals surface area contributed by atoms with Crippen molar-refractivity contribution in [2.24, 2.45) is 0 Å². The summed E-state index contributed by atoms with van der Waals surface area (Å²) in [7, 11) is 0. The highest BCUT2D eigenvalue weighted by molar-refractivity contribution is 7.79. The molecule has 0 spiro atoms. The minimum Gasteiger partial charge on any atom is -0.449 e. The third-order valence-electron chi connectivity index (χ3n) is 3.12. The molecule has 6 nitrogen and oxygen atoms in total. The summed E-state index contributed by atoms with van der Waals surface area (Å²) in [6.45, 7) is 4.30. The lowest BCUT2D eigenvalue weighted by molar-refractivity contribution is 0.0925. The van der Waals surface area contributed by atoms with Crippen LogP contribution in [-0.4, -0.2) is 19.7 Å². The van der Waals surface area contributed by atoms with Gasteiger partial charge in [-0.2, -0.15) is 0 Å². The van der Waals surface area contributed by atoms with E-state index in [1.807, 2.05) is 13.8 Å². The Balaban J connectivity index is 0.00000101. The van der Waals surface area contributed by atoms with Crippen LogP contribution in [0.3, 0.4) is 0 Å². The molecule has 1 amide bonds. The smallest absolute Gasteiger partial charge is 0.287 e. The Bertz CT molecular complexity index is 816. The Kier molecular flexibility index (Phi) is 6.22. The van der Waals surface area contributed by atoms with Crippen molar-refractivity contribution in [3.8, 4) is 0 Å². The van der Waals surface area contributed by atoms with Crippen LogP contribution in [-0.2, 0) is 17.6 Å². The van der Waals surface area contributed by atoms with Gasteiger partial charge in [-0.05, 0) is 29.8 Å².